The Morgan fingerprint density at radius 3 is 3.24 bits per heavy atom. The van der Waals surface area contributed by atoms with Crippen molar-refractivity contribution in [2.24, 2.45) is 5.73 Å². The van der Waals surface area contributed by atoms with Gasteiger partial charge in [-0.1, -0.05) is 0 Å². The zero-order chi connectivity index (χ0) is 11.8. The molecule has 90 valence electrons. The highest BCUT2D eigenvalue weighted by Crippen LogP contribution is 2.31. The van der Waals surface area contributed by atoms with E-state index in [4.69, 9.17) is 5.73 Å². The Balaban J connectivity index is 1.99. The quantitative estimate of drug-likeness (QED) is 0.830. The zero-order valence-electron chi connectivity index (χ0n) is 10.1. The van der Waals surface area contributed by atoms with Crippen molar-refractivity contribution in [3.8, 4) is 0 Å². The lowest BCUT2D eigenvalue weighted by Gasteiger charge is -2.23. The molecule has 2 aromatic rings. The number of hydrogen-bond acceptors (Lipinski definition) is 2. The molecule has 1 aliphatic carbocycles. The first-order chi connectivity index (χ1) is 8.27. The Morgan fingerprint density at radius 1 is 1.59 bits per heavy atom. The van der Waals surface area contributed by atoms with Crippen molar-refractivity contribution in [3.05, 3.63) is 41.5 Å². The van der Waals surface area contributed by atoms with Gasteiger partial charge in [0.2, 0.25) is 0 Å². The molecule has 17 heavy (non-hydrogen) atoms. The van der Waals surface area contributed by atoms with Gasteiger partial charge >= 0.3 is 0 Å². The summed E-state index contributed by atoms with van der Waals surface area (Å²) in [6.45, 7) is 2.20. The number of fused-ring (bicyclic) bond motifs is 1. The third kappa shape index (κ3) is 1.69. The minimum absolute atomic E-state index is 0.219. The molecular formula is C13H18N4. The number of hydrogen-bond donors (Lipinski definition) is 2. The van der Waals surface area contributed by atoms with Gasteiger partial charge in [-0.25, -0.2) is 0 Å². The van der Waals surface area contributed by atoms with Crippen LogP contribution in [0.4, 0.5) is 0 Å². The molecule has 0 spiro atoms. The van der Waals surface area contributed by atoms with Crippen LogP contribution in [0.5, 0.6) is 0 Å². The zero-order valence-corrected chi connectivity index (χ0v) is 10.1. The van der Waals surface area contributed by atoms with Crippen molar-refractivity contribution >= 4 is 0 Å². The van der Waals surface area contributed by atoms with Crippen molar-refractivity contribution in [1.29, 1.82) is 0 Å². The van der Waals surface area contributed by atoms with Crippen LogP contribution in [0.2, 0.25) is 0 Å². The van der Waals surface area contributed by atoms with Gasteiger partial charge in [0.1, 0.15) is 0 Å². The van der Waals surface area contributed by atoms with E-state index in [2.05, 4.69) is 34.0 Å². The van der Waals surface area contributed by atoms with E-state index in [1.165, 1.54) is 23.2 Å². The summed E-state index contributed by atoms with van der Waals surface area (Å²) in [5.41, 5.74) is 10.1. The molecular weight excluding hydrogens is 212 g/mol. The molecule has 0 aliphatic heterocycles. The molecule has 0 saturated heterocycles. The highest BCUT2D eigenvalue weighted by atomic mass is 15.1. The first-order valence-corrected chi connectivity index (χ1v) is 6.21. The van der Waals surface area contributed by atoms with Crippen LogP contribution in [0.1, 0.15) is 48.7 Å². The van der Waals surface area contributed by atoms with E-state index < -0.39 is 0 Å². The topological polar surface area (TPSA) is 59.6 Å². The third-order valence-corrected chi connectivity index (χ3v) is 3.81. The predicted octanol–water partition coefficient (Wildman–Crippen LogP) is 2.16. The van der Waals surface area contributed by atoms with Crippen LogP contribution in [0.25, 0.3) is 0 Å². The van der Waals surface area contributed by atoms with Gasteiger partial charge in [-0.2, -0.15) is 5.10 Å². The molecule has 2 heterocycles. The normalized spacial score (nSPS) is 21.2. The molecule has 2 aromatic heterocycles. The molecule has 2 unspecified atom stereocenters. The number of H-pyrrole nitrogens is 1. The molecule has 0 amide bonds. The van der Waals surface area contributed by atoms with Gasteiger partial charge in [0.25, 0.3) is 0 Å². The average Bonchev–Trinajstić information content (AvgIpc) is 2.98. The first kappa shape index (κ1) is 10.6. The Hall–Kier alpha value is -1.55. The summed E-state index contributed by atoms with van der Waals surface area (Å²) in [7, 11) is 0. The van der Waals surface area contributed by atoms with Crippen molar-refractivity contribution in [2.45, 2.75) is 38.3 Å². The Kier molecular flexibility index (Phi) is 2.52. The summed E-state index contributed by atoms with van der Waals surface area (Å²) in [4.78, 5) is 0. The molecule has 3 N–H and O–H groups in total. The van der Waals surface area contributed by atoms with Gasteiger partial charge in [0, 0.05) is 29.7 Å². The van der Waals surface area contributed by atoms with Crippen LogP contribution in [0.3, 0.4) is 0 Å². The molecule has 1 aliphatic rings. The van der Waals surface area contributed by atoms with E-state index in [1.807, 2.05) is 12.4 Å². The van der Waals surface area contributed by atoms with Crippen molar-refractivity contribution in [1.82, 2.24) is 14.8 Å². The van der Waals surface area contributed by atoms with Crippen molar-refractivity contribution in [2.75, 3.05) is 0 Å². The van der Waals surface area contributed by atoms with E-state index in [0.717, 1.165) is 12.8 Å². The minimum atomic E-state index is 0.219. The standard InChI is InChI=1S/C13H18N4/c1-9(10-7-15-16-8-10)17-6-5-11-12(14)3-2-4-13(11)17/h5-9,12H,2-4,14H2,1H3,(H,15,16). The van der Waals surface area contributed by atoms with E-state index in [1.54, 1.807) is 0 Å². The average molecular weight is 230 g/mol. The largest absolute Gasteiger partial charge is 0.344 e. The number of nitrogens with one attached hydrogen (secondary N) is 1. The minimum Gasteiger partial charge on any atom is -0.344 e. The van der Waals surface area contributed by atoms with E-state index >= 15 is 0 Å². The van der Waals surface area contributed by atoms with Gasteiger partial charge < -0.3 is 10.3 Å². The Morgan fingerprint density at radius 2 is 2.47 bits per heavy atom. The van der Waals surface area contributed by atoms with Gasteiger partial charge in [-0.3, -0.25) is 5.10 Å². The number of rotatable bonds is 2. The second-order valence-corrected chi connectivity index (χ2v) is 4.83. The number of aromatic amines is 1. The van der Waals surface area contributed by atoms with Crippen LogP contribution in [0, 0.1) is 0 Å². The SMILES string of the molecule is CC(c1cn[nH]c1)n1ccc2c1CCCC2N. The summed E-state index contributed by atoms with van der Waals surface area (Å²) in [5.74, 6) is 0. The van der Waals surface area contributed by atoms with Gasteiger partial charge in [0.05, 0.1) is 12.2 Å². The molecule has 4 nitrogen and oxygen atoms in total. The molecule has 0 aromatic carbocycles. The van der Waals surface area contributed by atoms with Crippen LogP contribution in [0.15, 0.2) is 24.7 Å². The lowest BCUT2D eigenvalue weighted by atomic mass is 9.93. The second-order valence-electron chi connectivity index (χ2n) is 4.83. The fourth-order valence-corrected chi connectivity index (χ4v) is 2.76. The van der Waals surface area contributed by atoms with Crippen molar-refractivity contribution < 1.29 is 0 Å². The molecule has 3 rings (SSSR count). The fraction of sp³-hybridized carbons (Fsp3) is 0.462. The maximum atomic E-state index is 6.15. The molecule has 0 fully saturated rings. The monoisotopic (exact) mass is 230 g/mol. The number of nitrogens with two attached hydrogens (primary N) is 1. The highest BCUT2D eigenvalue weighted by molar-refractivity contribution is 5.30. The maximum Gasteiger partial charge on any atom is 0.0585 e. The predicted molar refractivity (Wildman–Crippen MR) is 66.7 cm³/mol. The van der Waals surface area contributed by atoms with Crippen molar-refractivity contribution in [3.63, 3.8) is 0 Å². The smallest absolute Gasteiger partial charge is 0.0585 e. The van der Waals surface area contributed by atoms with E-state index in [9.17, 15) is 0 Å². The highest BCUT2D eigenvalue weighted by Gasteiger charge is 2.22. The summed E-state index contributed by atoms with van der Waals surface area (Å²) in [6, 6.07) is 2.72. The lowest BCUT2D eigenvalue weighted by molar-refractivity contribution is 0.526. The summed E-state index contributed by atoms with van der Waals surface area (Å²) in [5, 5.41) is 6.89. The van der Waals surface area contributed by atoms with Gasteiger partial charge in [-0.15, -0.1) is 0 Å². The maximum absolute atomic E-state index is 6.15. The van der Waals surface area contributed by atoms with E-state index in [0.29, 0.717) is 6.04 Å². The number of nitrogens with zero attached hydrogens (tertiary/aromatic N) is 2. The number of aromatic nitrogens is 3. The Bertz CT molecular complexity index is 497. The second kappa shape index (κ2) is 4.04. The third-order valence-electron chi connectivity index (χ3n) is 3.81. The Labute approximate surface area is 101 Å². The molecule has 4 heteroatoms. The molecule has 0 radical (unpaired) electrons. The van der Waals surface area contributed by atoms with E-state index in [-0.39, 0.29) is 6.04 Å². The fourth-order valence-electron chi connectivity index (χ4n) is 2.76. The first-order valence-electron chi connectivity index (χ1n) is 6.21. The molecule has 2 atom stereocenters. The molecule has 0 saturated carbocycles. The van der Waals surface area contributed by atoms with Crippen LogP contribution < -0.4 is 5.73 Å². The van der Waals surface area contributed by atoms with Crippen LogP contribution >= 0.6 is 0 Å². The summed E-state index contributed by atoms with van der Waals surface area (Å²) >= 11 is 0. The summed E-state index contributed by atoms with van der Waals surface area (Å²) in [6.07, 6.45) is 9.44. The molecule has 0 bridgehead atoms. The van der Waals surface area contributed by atoms with Crippen LogP contribution in [-0.2, 0) is 6.42 Å². The van der Waals surface area contributed by atoms with Crippen LogP contribution in [-0.4, -0.2) is 14.8 Å². The van der Waals surface area contributed by atoms with Gasteiger partial charge in [0.15, 0.2) is 0 Å². The lowest BCUT2D eigenvalue weighted by Crippen LogP contribution is -2.19. The van der Waals surface area contributed by atoms with Gasteiger partial charge in [-0.05, 0) is 37.8 Å². The summed E-state index contributed by atoms with van der Waals surface area (Å²) < 4.78 is 2.33.